The molecule has 2 aromatic carbocycles. The second kappa shape index (κ2) is 5.93. The quantitative estimate of drug-likeness (QED) is 0.888. The third-order valence-corrected chi connectivity index (χ3v) is 3.25. The first-order valence-corrected chi connectivity index (χ1v) is 6.82. The second-order valence-electron chi connectivity index (χ2n) is 4.42. The zero-order valence-electron chi connectivity index (χ0n) is 11.1. The van der Waals surface area contributed by atoms with E-state index in [9.17, 15) is 4.79 Å². The van der Waals surface area contributed by atoms with Gasteiger partial charge in [0, 0.05) is 11.8 Å². The predicted octanol–water partition coefficient (Wildman–Crippen LogP) is 3.76. The molecule has 5 nitrogen and oxygen atoms in total. The first-order chi connectivity index (χ1) is 10.2. The highest BCUT2D eigenvalue weighted by Crippen LogP contribution is 2.32. The summed E-state index contributed by atoms with van der Waals surface area (Å²) < 4.78 is 10.9. The minimum Gasteiger partial charge on any atom is -0.486 e. The van der Waals surface area contributed by atoms with Gasteiger partial charge in [-0.15, -0.1) is 0 Å². The number of ether oxygens (including phenoxy) is 2. The molecule has 6 heteroatoms. The van der Waals surface area contributed by atoms with Gasteiger partial charge >= 0.3 is 6.03 Å². The lowest BCUT2D eigenvalue weighted by atomic mass is 10.2. The molecule has 0 saturated heterocycles. The van der Waals surface area contributed by atoms with E-state index in [1.807, 2.05) is 0 Å². The van der Waals surface area contributed by atoms with Gasteiger partial charge in [-0.1, -0.05) is 23.7 Å². The van der Waals surface area contributed by atoms with Crippen molar-refractivity contribution in [1.29, 1.82) is 0 Å². The van der Waals surface area contributed by atoms with Crippen molar-refractivity contribution < 1.29 is 14.3 Å². The van der Waals surface area contributed by atoms with E-state index in [4.69, 9.17) is 21.1 Å². The summed E-state index contributed by atoms with van der Waals surface area (Å²) in [5.41, 5.74) is 1.16. The van der Waals surface area contributed by atoms with Crippen LogP contribution >= 0.6 is 11.6 Å². The van der Waals surface area contributed by atoms with E-state index in [1.54, 1.807) is 42.5 Å². The molecular formula is C15H13ClN2O3. The number of halogens is 1. The molecule has 0 fully saturated rings. The number of rotatable bonds is 2. The average Bonchev–Trinajstić information content (AvgIpc) is 2.49. The highest BCUT2D eigenvalue weighted by Gasteiger charge is 2.13. The molecule has 0 saturated carbocycles. The van der Waals surface area contributed by atoms with Crippen LogP contribution in [-0.4, -0.2) is 19.2 Å². The lowest BCUT2D eigenvalue weighted by Crippen LogP contribution is -2.20. The molecule has 1 aliphatic rings. The Morgan fingerprint density at radius 2 is 1.76 bits per heavy atom. The number of carbonyl (C=O) groups excluding carboxylic acids is 1. The van der Waals surface area contributed by atoms with Crippen molar-refractivity contribution in [2.24, 2.45) is 0 Å². The summed E-state index contributed by atoms with van der Waals surface area (Å²) in [4.78, 5) is 11.9. The minimum absolute atomic E-state index is 0.375. The fourth-order valence-electron chi connectivity index (χ4n) is 1.97. The highest BCUT2D eigenvalue weighted by molar-refractivity contribution is 6.33. The molecule has 0 aromatic heterocycles. The fourth-order valence-corrected chi connectivity index (χ4v) is 2.15. The third-order valence-electron chi connectivity index (χ3n) is 2.92. The van der Waals surface area contributed by atoms with Gasteiger partial charge in [-0.2, -0.15) is 0 Å². The molecule has 0 aliphatic carbocycles. The number of nitrogens with one attached hydrogen (secondary N) is 2. The molecule has 0 bridgehead atoms. The summed E-state index contributed by atoms with van der Waals surface area (Å²) >= 11 is 5.99. The number of hydrogen-bond donors (Lipinski definition) is 2. The standard InChI is InChI=1S/C15H13ClN2O3/c16-11-3-1-2-4-12(11)18-15(19)17-10-5-6-13-14(9-10)21-8-7-20-13/h1-6,9H,7-8H2,(H2,17,18,19). The summed E-state index contributed by atoms with van der Waals surface area (Å²) in [6.07, 6.45) is 0. The first kappa shape index (κ1) is 13.6. The van der Waals surface area contributed by atoms with Crippen molar-refractivity contribution in [3.63, 3.8) is 0 Å². The maximum absolute atomic E-state index is 11.9. The summed E-state index contributed by atoms with van der Waals surface area (Å²) in [6, 6.07) is 11.9. The minimum atomic E-state index is -0.375. The fraction of sp³-hybridized carbons (Fsp3) is 0.133. The van der Waals surface area contributed by atoms with Gasteiger partial charge in [0.05, 0.1) is 10.7 Å². The summed E-state index contributed by atoms with van der Waals surface area (Å²) in [6.45, 7) is 1.04. The molecule has 2 aromatic rings. The van der Waals surface area contributed by atoms with Gasteiger partial charge in [-0.3, -0.25) is 0 Å². The van der Waals surface area contributed by atoms with Crippen molar-refractivity contribution in [3.8, 4) is 11.5 Å². The van der Waals surface area contributed by atoms with Crippen LogP contribution in [0.4, 0.5) is 16.2 Å². The first-order valence-electron chi connectivity index (χ1n) is 6.44. The van der Waals surface area contributed by atoms with Crippen molar-refractivity contribution in [2.75, 3.05) is 23.8 Å². The Labute approximate surface area is 126 Å². The Morgan fingerprint density at radius 3 is 2.57 bits per heavy atom. The summed E-state index contributed by atoms with van der Waals surface area (Å²) in [5, 5.41) is 5.89. The maximum Gasteiger partial charge on any atom is 0.323 e. The number of carbonyl (C=O) groups is 1. The summed E-state index contributed by atoms with van der Waals surface area (Å²) in [7, 11) is 0. The van der Waals surface area contributed by atoms with Crippen molar-refractivity contribution in [1.82, 2.24) is 0 Å². The van der Waals surface area contributed by atoms with Gasteiger partial charge < -0.3 is 20.1 Å². The van der Waals surface area contributed by atoms with E-state index < -0.39 is 0 Å². The molecule has 0 radical (unpaired) electrons. The zero-order valence-corrected chi connectivity index (χ0v) is 11.8. The SMILES string of the molecule is O=C(Nc1ccc2c(c1)OCCO2)Nc1ccccc1Cl. The van der Waals surface area contributed by atoms with Crippen LogP contribution in [0.3, 0.4) is 0 Å². The summed E-state index contributed by atoms with van der Waals surface area (Å²) in [5.74, 6) is 1.30. The second-order valence-corrected chi connectivity index (χ2v) is 4.82. The Hall–Kier alpha value is -2.40. The number of para-hydroxylation sites is 1. The van der Waals surface area contributed by atoms with E-state index in [-0.39, 0.29) is 6.03 Å². The maximum atomic E-state index is 11.9. The number of urea groups is 1. The molecule has 0 spiro atoms. The van der Waals surface area contributed by atoms with Crippen LogP contribution in [0.15, 0.2) is 42.5 Å². The van der Waals surface area contributed by atoms with Crippen LogP contribution in [0.5, 0.6) is 11.5 Å². The topological polar surface area (TPSA) is 59.6 Å². The van der Waals surface area contributed by atoms with Crippen LogP contribution in [-0.2, 0) is 0 Å². The molecular weight excluding hydrogens is 292 g/mol. The smallest absolute Gasteiger partial charge is 0.323 e. The number of amides is 2. The van der Waals surface area contributed by atoms with Gasteiger partial charge in [0.2, 0.25) is 0 Å². The van der Waals surface area contributed by atoms with Gasteiger partial charge in [0.1, 0.15) is 13.2 Å². The lowest BCUT2D eigenvalue weighted by Gasteiger charge is -2.19. The Bertz CT molecular complexity index is 676. The van der Waals surface area contributed by atoms with Crippen molar-refractivity contribution in [2.45, 2.75) is 0 Å². The molecule has 1 heterocycles. The molecule has 1 aliphatic heterocycles. The highest BCUT2D eigenvalue weighted by atomic mass is 35.5. The van der Waals surface area contributed by atoms with Crippen molar-refractivity contribution in [3.05, 3.63) is 47.5 Å². The van der Waals surface area contributed by atoms with Gasteiger partial charge in [-0.05, 0) is 24.3 Å². The number of benzene rings is 2. The molecule has 0 atom stereocenters. The van der Waals surface area contributed by atoms with E-state index >= 15 is 0 Å². The molecule has 108 valence electrons. The van der Waals surface area contributed by atoms with Crippen LogP contribution < -0.4 is 20.1 Å². The van der Waals surface area contributed by atoms with Gasteiger partial charge in [0.15, 0.2) is 11.5 Å². The number of fused-ring (bicyclic) bond motifs is 1. The third kappa shape index (κ3) is 3.20. The largest absolute Gasteiger partial charge is 0.486 e. The normalized spacial score (nSPS) is 12.6. The molecule has 21 heavy (non-hydrogen) atoms. The molecule has 3 rings (SSSR count). The van der Waals surface area contributed by atoms with E-state index in [0.717, 1.165) is 0 Å². The molecule has 0 unspecified atom stereocenters. The molecule has 2 amide bonds. The zero-order chi connectivity index (χ0) is 14.7. The lowest BCUT2D eigenvalue weighted by molar-refractivity contribution is 0.171. The van der Waals surface area contributed by atoms with Crippen LogP contribution in [0, 0.1) is 0 Å². The van der Waals surface area contributed by atoms with Crippen LogP contribution in [0.2, 0.25) is 5.02 Å². The van der Waals surface area contributed by atoms with Crippen LogP contribution in [0.1, 0.15) is 0 Å². The Morgan fingerprint density at radius 1 is 1.00 bits per heavy atom. The average molecular weight is 305 g/mol. The Kier molecular flexibility index (Phi) is 3.83. The van der Waals surface area contributed by atoms with Gasteiger partial charge in [0.25, 0.3) is 0 Å². The Balaban J connectivity index is 1.69. The van der Waals surface area contributed by atoms with Crippen LogP contribution in [0.25, 0.3) is 0 Å². The number of hydrogen-bond acceptors (Lipinski definition) is 3. The monoisotopic (exact) mass is 304 g/mol. The van der Waals surface area contributed by atoms with E-state index in [2.05, 4.69) is 10.6 Å². The number of anilines is 2. The van der Waals surface area contributed by atoms with Gasteiger partial charge in [-0.25, -0.2) is 4.79 Å². The van der Waals surface area contributed by atoms with E-state index in [1.165, 1.54) is 0 Å². The predicted molar refractivity (Wildman–Crippen MR) is 81.5 cm³/mol. The molecule has 2 N–H and O–H groups in total. The van der Waals surface area contributed by atoms with E-state index in [0.29, 0.717) is 41.1 Å². The van der Waals surface area contributed by atoms with Crippen molar-refractivity contribution >= 4 is 29.0 Å².